The first kappa shape index (κ1) is 19.9. The van der Waals surface area contributed by atoms with Gasteiger partial charge in [0.25, 0.3) is 0 Å². The minimum Gasteiger partial charge on any atom is -0.507 e. The highest BCUT2D eigenvalue weighted by molar-refractivity contribution is 5.85. The monoisotopic (exact) mass is 409 g/mol. The fourth-order valence-electron chi connectivity index (χ4n) is 3.61. The number of amides is 1. The summed E-state index contributed by atoms with van der Waals surface area (Å²) < 4.78 is 10.7. The van der Waals surface area contributed by atoms with Crippen molar-refractivity contribution in [3.8, 4) is 17.0 Å². The van der Waals surface area contributed by atoms with Crippen LogP contribution in [0.15, 0.2) is 51.8 Å². The lowest BCUT2D eigenvalue weighted by molar-refractivity contribution is 0.0776. The zero-order chi connectivity index (χ0) is 21.1. The quantitative estimate of drug-likeness (QED) is 0.662. The fourth-order valence-corrected chi connectivity index (χ4v) is 3.61. The number of carbonyl (C=O) groups excluding carboxylic acids is 1. The maximum atomic E-state index is 12.6. The van der Waals surface area contributed by atoms with Gasteiger partial charge in [0.15, 0.2) is 0 Å². The summed E-state index contributed by atoms with van der Waals surface area (Å²) in [5, 5.41) is 11.2. The predicted octanol–water partition coefficient (Wildman–Crippen LogP) is 2.83. The number of benzene rings is 1. The number of phenols is 1. The van der Waals surface area contributed by atoms with Gasteiger partial charge < -0.3 is 19.2 Å². The normalized spacial score (nSPS) is 14.8. The molecular weight excluding hydrogens is 386 g/mol. The molecule has 1 N–H and O–H groups in total. The first-order valence-electron chi connectivity index (χ1n) is 9.91. The van der Waals surface area contributed by atoms with Gasteiger partial charge in [-0.3, -0.25) is 9.88 Å². The third-order valence-corrected chi connectivity index (χ3v) is 5.20. The molecule has 0 atom stereocenters. The van der Waals surface area contributed by atoms with Crippen molar-refractivity contribution in [3.05, 3.63) is 58.6 Å². The Morgan fingerprint density at radius 1 is 1.20 bits per heavy atom. The molecule has 1 fully saturated rings. The first-order valence-corrected chi connectivity index (χ1v) is 9.91. The summed E-state index contributed by atoms with van der Waals surface area (Å²) in [5.41, 5.74) is 1.34. The van der Waals surface area contributed by atoms with Crippen molar-refractivity contribution in [3.63, 3.8) is 0 Å². The minimum absolute atomic E-state index is 0.0732. The zero-order valence-corrected chi connectivity index (χ0v) is 16.7. The van der Waals surface area contributed by atoms with Crippen LogP contribution in [0.5, 0.6) is 5.75 Å². The maximum absolute atomic E-state index is 12.6. The van der Waals surface area contributed by atoms with E-state index in [4.69, 9.17) is 9.15 Å². The average molecular weight is 409 g/mol. The zero-order valence-electron chi connectivity index (χ0n) is 16.7. The molecule has 3 heterocycles. The van der Waals surface area contributed by atoms with Crippen LogP contribution in [0.2, 0.25) is 0 Å². The highest BCUT2D eigenvalue weighted by Gasteiger charge is 2.24. The van der Waals surface area contributed by atoms with Gasteiger partial charge in [-0.25, -0.2) is 9.59 Å². The van der Waals surface area contributed by atoms with E-state index in [1.54, 1.807) is 48.4 Å². The summed E-state index contributed by atoms with van der Waals surface area (Å²) in [7, 11) is 0. The summed E-state index contributed by atoms with van der Waals surface area (Å²) in [6.45, 7) is 4.88. The molecule has 0 spiro atoms. The molecule has 4 rings (SSSR count). The SMILES string of the molecule is CCOC(=O)N1CCN(Cc2c(O)ccc3cc(-c4ccccn4)c(=O)oc23)CC1. The Hall–Kier alpha value is -3.39. The Bertz CT molecular complexity index is 1100. The molecule has 1 amide bonds. The molecule has 2 aromatic heterocycles. The third-order valence-electron chi connectivity index (χ3n) is 5.20. The predicted molar refractivity (Wildman–Crippen MR) is 111 cm³/mol. The van der Waals surface area contributed by atoms with E-state index in [9.17, 15) is 14.7 Å². The Morgan fingerprint density at radius 2 is 2.00 bits per heavy atom. The second-order valence-corrected chi connectivity index (χ2v) is 7.11. The summed E-state index contributed by atoms with van der Waals surface area (Å²) >= 11 is 0. The number of hydrogen-bond acceptors (Lipinski definition) is 7. The van der Waals surface area contributed by atoms with Gasteiger partial charge in [0.05, 0.1) is 23.4 Å². The summed E-state index contributed by atoms with van der Waals surface area (Å²) in [4.78, 5) is 32.5. The fraction of sp³-hybridized carbons (Fsp3) is 0.318. The van der Waals surface area contributed by atoms with E-state index in [0.29, 0.717) is 67.1 Å². The molecule has 0 saturated carbocycles. The first-order chi connectivity index (χ1) is 14.6. The largest absolute Gasteiger partial charge is 0.507 e. The van der Waals surface area contributed by atoms with Crippen LogP contribution < -0.4 is 5.63 Å². The molecule has 8 heteroatoms. The molecule has 0 radical (unpaired) electrons. The number of pyridine rings is 1. The summed E-state index contributed by atoms with van der Waals surface area (Å²) in [5.74, 6) is 0.0732. The Balaban J connectivity index is 1.59. The molecular formula is C22H23N3O5. The number of fused-ring (bicyclic) bond motifs is 1. The molecule has 0 unspecified atom stereocenters. The lowest BCUT2D eigenvalue weighted by Gasteiger charge is -2.34. The van der Waals surface area contributed by atoms with E-state index in [0.717, 1.165) is 0 Å². The molecule has 156 valence electrons. The van der Waals surface area contributed by atoms with E-state index < -0.39 is 5.63 Å². The topological polar surface area (TPSA) is 96.1 Å². The van der Waals surface area contributed by atoms with E-state index in [2.05, 4.69) is 9.88 Å². The van der Waals surface area contributed by atoms with Crippen molar-refractivity contribution in [1.29, 1.82) is 0 Å². The summed E-state index contributed by atoms with van der Waals surface area (Å²) in [6, 6.07) is 10.4. The number of piperazine rings is 1. The van der Waals surface area contributed by atoms with Crippen LogP contribution in [0.25, 0.3) is 22.2 Å². The van der Waals surface area contributed by atoms with Gasteiger partial charge in [0.1, 0.15) is 11.3 Å². The van der Waals surface area contributed by atoms with Crippen LogP contribution in [0.3, 0.4) is 0 Å². The second-order valence-electron chi connectivity index (χ2n) is 7.11. The molecule has 1 aromatic carbocycles. The highest BCUT2D eigenvalue weighted by atomic mass is 16.6. The van der Waals surface area contributed by atoms with Gasteiger partial charge in [0, 0.05) is 44.3 Å². The number of aromatic nitrogens is 1. The third kappa shape index (κ3) is 3.99. The number of rotatable bonds is 4. The van der Waals surface area contributed by atoms with Crippen LogP contribution in [0.1, 0.15) is 12.5 Å². The number of nitrogens with zero attached hydrogens (tertiary/aromatic N) is 3. The van der Waals surface area contributed by atoms with E-state index in [1.165, 1.54) is 0 Å². The van der Waals surface area contributed by atoms with Crippen molar-refractivity contribution in [2.24, 2.45) is 0 Å². The Kier molecular flexibility index (Phi) is 5.67. The van der Waals surface area contributed by atoms with Crippen molar-refractivity contribution < 1.29 is 19.1 Å². The number of carbonyl (C=O) groups is 1. The van der Waals surface area contributed by atoms with E-state index in [1.807, 2.05) is 6.07 Å². The van der Waals surface area contributed by atoms with Gasteiger partial charge in [-0.05, 0) is 37.3 Å². The van der Waals surface area contributed by atoms with Gasteiger partial charge in [-0.2, -0.15) is 0 Å². The molecule has 0 bridgehead atoms. The number of ether oxygens (including phenoxy) is 1. The van der Waals surface area contributed by atoms with Crippen molar-refractivity contribution >= 4 is 17.1 Å². The molecule has 1 aliphatic heterocycles. The molecule has 30 heavy (non-hydrogen) atoms. The second kappa shape index (κ2) is 8.54. The van der Waals surface area contributed by atoms with Gasteiger partial charge >= 0.3 is 11.7 Å². The van der Waals surface area contributed by atoms with Crippen LogP contribution in [-0.4, -0.2) is 58.8 Å². The van der Waals surface area contributed by atoms with Crippen LogP contribution in [-0.2, 0) is 11.3 Å². The molecule has 0 aliphatic carbocycles. The van der Waals surface area contributed by atoms with Crippen molar-refractivity contribution in [2.45, 2.75) is 13.5 Å². The van der Waals surface area contributed by atoms with Crippen LogP contribution >= 0.6 is 0 Å². The average Bonchev–Trinajstić information content (AvgIpc) is 2.77. The number of hydrogen-bond donors (Lipinski definition) is 1. The number of phenolic OH excluding ortho intramolecular Hbond substituents is 1. The lowest BCUT2D eigenvalue weighted by atomic mass is 10.1. The van der Waals surface area contributed by atoms with E-state index >= 15 is 0 Å². The maximum Gasteiger partial charge on any atom is 0.409 e. The Labute approximate surface area is 173 Å². The van der Waals surface area contributed by atoms with Crippen molar-refractivity contribution in [1.82, 2.24) is 14.8 Å². The molecule has 8 nitrogen and oxygen atoms in total. The van der Waals surface area contributed by atoms with Crippen molar-refractivity contribution in [2.75, 3.05) is 32.8 Å². The lowest BCUT2D eigenvalue weighted by Crippen LogP contribution is -2.48. The molecule has 1 aliphatic rings. The van der Waals surface area contributed by atoms with Gasteiger partial charge in [-0.15, -0.1) is 0 Å². The van der Waals surface area contributed by atoms with Gasteiger partial charge in [0.2, 0.25) is 0 Å². The molecule has 3 aromatic rings. The van der Waals surface area contributed by atoms with Crippen LogP contribution in [0.4, 0.5) is 4.79 Å². The van der Waals surface area contributed by atoms with E-state index in [-0.39, 0.29) is 11.8 Å². The van der Waals surface area contributed by atoms with Crippen LogP contribution in [0, 0.1) is 0 Å². The standard InChI is InChI=1S/C22H23N3O5/c1-2-29-22(28)25-11-9-24(10-12-25)14-17-19(26)7-6-15-13-16(21(27)30-20(15)17)18-5-3-4-8-23-18/h3-8,13,26H,2,9-12,14H2,1H3. The smallest absolute Gasteiger partial charge is 0.409 e. The highest BCUT2D eigenvalue weighted by Crippen LogP contribution is 2.30. The Morgan fingerprint density at radius 3 is 2.70 bits per heavy atom. The summed E-state index contributed by atoms with van der Waals surface area (Å²) in [6.07, 6.45) is 1.31. The minimum atomic E-state index is -0.500. The van der Waals surface area contributed by atoms with Gasteiger partial charge in [-0.1, -0.05) is 6.07 Å². The molecule has 1 saturated heterocycles. The number of aromatic hydroxyl groups is 1.